The summed E-state index contributed by atoms with van der Waals surface area (Å²) >= 11 is 0. The number of amides is 2. The molecule has 6 nitrogen and oxygen atoms in total. The Bertz CT molecular complexity index is 447. The van der Waals surface area contributed by atoms with Gasteiger partial charge in [0.25, 0.3) is 0 Å². The largest absolute Gasteiger partial charge is 0.465 e. The van der Waals surface area contributed by atoms with E-state index in [2.05, 4.69) is 25.0 Å². The van der Waals surface area contributed by atoms with Gasteiger partial charge >= 0.3 is 12.2 Å². The Balaban J connectivity index is 2.62. The molecule has 152 valence electrons. The van der Waals surface area contributed by atoms with E-state index in [4.69, 9.17) is 9.84 Å². The number of nitrogens with zero attached hydrogens (tertiary/aromatic N) is 1. The predicted octanol–water partition coefficient (Wildman–Crippen LogP) is 4.78. The molecule has 2 N–H and O–H groups in total. The highest BCUT2D eigenvalue weighted by atomic mass is 28.3. The Kier molecular flexibility index (Phi) is 9.47. The Labute approximate surface area is 159 Å². The van der Waals surface area contributed by atoms with E-state index in [-0.39, 0.29) is 18.2 Å². The molecule has 0 bridgehead atoms. The normalized spacial score (nSPS) is 18.0. The minimum atomic E-state index is -1.25. The van der Waals surface area contributed by atoms with Crippen molar-refractivity contribution in [2.24, 2.45) is 5.92 Å². The molecule has 1 rings (SSSR count). The third kappa shape index (κ3) is 8.92. The third-order valence-corrected chi connectivity index (χ3v) is 7.09. The highest BCUT2D eigenvalue weighted by molar-refractivity contribution is 6.76. The maximum absolute atomic E-state index is 12.5. The Morgan fingerprint density at radius 1 is 1.23 bits per heavy atom. The van der Waals surface area contributed by atoms with Gasteiger partial charge in [-0.25, -0.2) is 9.59 Å². The number of nitrogens with one attached hydrogen (secondary N) is 1. The summed E-state index contributed by atoms with van der Waals surface area (Å²) in [6.45, 7) is 9.00. The molecule has 7 heteroatoms. The van der Waals surface area contributed by atoms with Crippen LogP contribution in [-0.2, 0) is 4.74 Å². The summed E-state index contributed by atoms with van der Waals surface area (Å²) in [5.41, 5.74) is 0. The summed E-state index contributed by atoms with van der Waals surface area (Å²) in [7, 11) is 0.471. The number of carboxylic acid groups (broad SMARTS) is 1. The minimum Gasteiger partial charge on any atom is -0.465 e. The number of carbonyl (C=O) groups is 2. The fraction of sp³-hybridized carbons (Fsp3) is 0.895. The second-order valence-electron chi connectivity index (χ2n) is 8.92. The lowest BCUT2D eigenvalue weighted by atomic mass is 9.84. The van der Waals surface area contributed by atoms with Crippen molar-refractivity contribution >= 4 is 20.3 Å². The summed E-state index contributed by atoms with van der Waals surface area (Å²) in [5.74, 6) is 0.694. The number of rotatable bonds is 9. The van der Waals surface area contributed by atoms with Gasteiger partial charge in [0.2, 0.25) is 0 Å². The van der Waals surface area contributed by atoms with Crippen LogP contribution >= 0.6 is 0 Å². The summed E-state index contributed by atoms with van der Waals surface area (Å²) in [5, 5.41) is 11.6. The van der Waals surface area contributed by atoms with Gasteiger partial charge in [-0.15, -0.1) is 0 Å². The molecule has 0 radical (unpaired) electrons. The zero-order valence-corrected chi connectivity index (χ0v) is 18.2. The summed E-state index contributed by atoms with van der Waals surface area (Å²) < 4.78 is 5.45. The fourth-order valence-corrected chi connectivity index (χ4v) is 4.35. The lowest BCUT2D eigenvalue weighted by molar-refractivity contribution is 0.0883. The van der Waals surface area contributed by atoms with Crippen LogP contribution in [0.5, 0.6) is 0 Å². The van der Waals surface area contributed by atoms with Gasteiger partial charge in [-0.1, -0.05) is 51.7 Å². The Hall–Kier alpha value is -1.24. The maximum Gasteiger partial charge on any atom is 0.409 e. The van der Waals surface area contributed by atoms with E-state index in [1.165, 1.54) is 32.1 Å². The van der Waals surface area contributed by atoms with E-state index in [1.54, 1.807) is 11.9 Å². The first-order valence-corrected chi connectivity index (χ1v) is 13.7. The van der Waals surface area contributed by atoms with Crippen molar-refractivity contribution in [2.45, 2.75) is 89.6 Å². The van der Waals surface area contributed by atoms with Crippen LogP contribution in [0, 0.1) is 5.92 Å². The van der Waals surface area contributed by atoms with Gasteiger partial charge < -0.3 is 20.1 Å². The van der Waals surface area contributed by atoms with Crippen molar-refractivity contribution in [3.8, 4) is 0 Å². The van der Waals surface area contributed by atoms with Gasteiger partial charge in [0, 0.05) is 21.2 Å². The molecule has 0 saturated heterocycles. The van der Waals surface area contributed by atoms with E-state index in [0.29, 0.717) is 12.5 Å². The second kappa shape index (κ2) is 10.8. The van der Waals surface area contributed by atoms with Gasteiger partial charge in [-0.2, -0.15) is 0 Å². The van der Waals surface area contributed by atoms with Crippen LogP contribution in [0.2, 0.25) is 25.7 Å². The molecule has 2 atom stereocenters. The number of hydrogen-bond acceptors (Lipinski definition) is 3. The SMILES string of the molecule is CC(NC(=O)O)C(CCC1CCCCC1)N(C)C(=O)OCC[Si](C)(C)C. The van der Waals surface area contributed by atoms with Gasteiger partial charge in [-0.05, 0) is 31.7 Å². The van der Waals surface area contributed by atoms with E-state index < -0.39 is 14.2 Å². The lowest BCUT2D eigenvalue weighted by Crippen LogP contribution is -2.51. The molecule has 1 fully saturated rings. The predicted molar refractivity (Wildman–Crippen MR) is 107 cm³/mol. The van der Waals surface area contributed by atoms with Crippen molar-refractivity contribution in [2.75, 3.05) is 13.7 Å². The molecule has 1 aliphatic rings. The van der Waals surface area contributed by atoms with Crippen LogP contribution in [0.3, 0.4) is 0 Å². The average Bonchev–Trinajstić information content (AvgIpc) is 2.53. The van der Waals surface area contributed by atoms with Crippen LogP contribution in [0.25, 0.3) is 0 Å². The van der Waals surface area contributed by atoms with Crippen LogP contribution in [-0.4, -0.2) is 56.0 Å². The van der Waals surface area contributed by atoms with Gasteiger partial charge in [0.1, 0.15) is 0 Å². The molecule has 0 aromatic heterocycles. The number of hydrogen-bond donors (Lipinski definition) is 2. The van der Waals surface area contributed by atoms with E-state index in [0.717, 1.165) is 18.9 Å². The van der Waals surface area contributed by atoms with Crippen molar-refractivity contribution in [3.63, 3.8) is 0 Å². The topological polar surface area (TPSA) is 78.9 Å². The van der Waals surface area contributed by atoms with E-state index in [9.17, 15) is 9.59 Å². The monoisotopic (exact) mass is 386 g/mol. The molecule has 1 aliphatic carbocycles. The molecule has 2 amide bonds. The van der Waals surface area contributed by atoms with E-state index in [1.807, 2.05) is 6.92 Å². The quantitative estimate of drug-likeness (QED) is 0.559. The molecule has 1 saturated carbocycles. The summed E-state index contributed by atoms with van der Waals surface area (Å²) in [4.78, 5) is 25.1. The molecule has 0 aromatic rings. The Morgan fingerprint density at radius 3 is 2.38 bits per heavy atom. The zero-order chi connectivity index (χ0) is 19.7. The first-order valence-electron chi connectivity index (χ1n) is 9.99. The van der Waals surface area contributed by atoms with Crippen LogP contribution < -0.4 is 5.32 Å². The number of ether oxygens (including phenoxy) is 1. The molecular formula is C19H38N2O4Si. The molecule has 0 aromatic carbocycles. The Morgan fingerprint density at radius 2 is 1.85 bits per heavy atom. The highest BCUT2D eigenvalue weighted by Crippen LogP contribution is 2.29. The number of carbonyl (C=O) groups excluding carboxylic acids is 1. The smallest absolute Gasteiger partial charge is 0.409 e. The summed E-state index contributed by atoms with van der Waals surface area (Å²) in [6.07, 6.45) is 6.81. The van der Waals surface area contributed by atoms with Crippen LogP contribution in [0.4, 0.5) is 9.59 Å². The molecule has 0 aliphatic heterocycles. The molecule has 0 spiro atoms. The van der Waals surface area contributed by atoms with Gasteiger partial charge in [0.05, 0.1) is 12.6 Å². The first-order chi connectivity index (χ1) is 12.1. The third-order valence-electron chi connectivity index (χ3n) is 5.39. The number of likely N-dealkylation sites (N-methyl/N-ethyl adjacent to an activating group) is 1. The van der Waals surface area contributed by atoms with Crippen molar-refractivity contribution in [1.29, 1.82) is 0 Å². The molecule has 26 heavy (non-hydrogen) atoms. The second-order valence-corrected chi connectivity index (χ2v) is 14.5. The van der Waals surface area contributed by atoms with Crippen molar-refractivity contribution in [3.05, 3.63) is 0 Å². The average molecular weight is 387 g/mol. The van der Waals surface area contributed by atoms with Crippen molar-refractivity contribution in [1.82, 2.24) is 10.2 Å². The van der Waals surface area contributed by atoms with Crippen LogP contribution in [0.15, 0.2) is 0 Å². The minimum absolute atomic E-state index is 0.188. The van der Waals surface area contributed by atoms with Gasteiger partial charge in [0.15, 0.2) is 0 Å². The first kappa shape index (κ1) is 22.8. The van der Waals surface area contributed by atoms with Gasteiger partial charge in [-0.3, -0.25) is 0 Å². The molecule has 2 unspecified atom stereocenters. The maximum atomic E-state index is 12.5. The lowest BCUT2D eigenvalue weighted by Gasteiger charge is -2.34. The fourth-order valence-electron chi connectivity index (χ4n) is 3.63. The van der Waals surface area contributed by atoms with Crippen LogP contribution in [0.1, 0.15) is 51.9 Å². The zero-order valence-electron chi connectivity index (χ0n) is 17.2. The molecular weight excluding hydrogens is 348 g/mol. The van der Waals surface area contributed by atoms with E-state index >= 15 is 0 Å². The highest BCUT2D eigenvalue weighted by Gasteiger charge is 2.29. The standard InChI is InChI=1S/C19H38N2O4Si/c1-15(20-18(22)23)17(12-11-16-9-7-6-8-10-16)21(2)19(24)25-13-14-26(3,4)5/h15-17,20H,6-14H2,1-5H3,(H,22,23). The van der Waals surface area contributed by atoms with Crippen molar-refractivity contribution < 1.29 is 19.4 Å². The summed E-state index contributed by atoms with van der Waals surface area (Å²) in [6, 6.07) is 0.417. The molecule has 0 heterocycles.